The van der Waals surface area contributed by atoms with Gasteiger partial charge >= 0.3 is 5.97 Å². The quantitative estimate of drug-likeness (QED) is 0.825. The molecule has 0 aliphatic carbocycles. The molecule has 0 aromatic heterocycles. The smallest absolute Gasteiger partial charge is 0.335 e. The standard InChI is InChI=1S/C12H16N2O4S/c13-11-4-5-14(7-11)19(17,18)8-9-2-1-3-10(6-9)12(15)16/h1-3,6,11H,4-5,7-8,13H2,(H,15,16). The van der Waals surface area contributed by atoms with E-state index in [-0.39, 0.29) is 17.4 Å². The maximum absolute atomic E-state index is 12.2. The molecule has 1 aliphatic heterocycles. The Labute approximate surface area is 111 Å². The van der Waals surface area contributed by atoms with Crippen LogP contribution in [-0.2, 0) is 15.8 Å². The molecule has 1 unspecified atom stereocenters. The predicted molar refractivity (Wildman–Crippen MR) is 70.2 cm³/mol. The van der Waals surface area contributed by atoms with Gasteiger partial charge in [-0.3, -0.25) is 0 Å². The van der Waals surface area contributed by atoms with Gasteiger partial charge in [-0.15, -0.1) is 0 Å². The minimum atomic E-state index is -3.43. The minimum absolute atomic E-state index is 0.0887. The van der Waals surface area contributed by atoms with Crippen LogP contribution >= 0.6 is 0 Å². The van der Waals surface area contributed by atoms with Crippen molar-refractivity contribution in [2.75, 3.05) is 13.1 Å². The van der Waals surface area contributed by atoms with Crippen molar-refractivity contribution in [1.82, 2.24) is 4.31 Å². The van der Waals surface area contributed by atoms with E-state index in [0.717, 1.165) is 0 Å². The number of nitrogens with zero attached hydrogens (tertiary/aromatic N) is 1. The highest BCUT2D eigenvalue weighted by Crippen LogP contribution is 2.17. The summed E-state index contributed by atoms with van der Waals surface area (Å²) in [7, 11) is -3.43. The molecule has 0 bridgehead atoms. The largest absolute Gasteiger partial charge is 0.478 e. The lowest BCUT2D eigenvalue weighted by Crippen LogP contribution is -2.32. The third-order valence-corrected chi connectivity index (χ3v) is 4.92. The highest BCUT2D eigenvalue weighted by molar-refractivity contribution is 7.88. The van der Waals surface area contributed by atoms with E-state index in [2.05, 4.69) is 0 Å². The van der Waals surface area contributed by atoms with Crippen LogP contribution in [0, 0.1) is 0 Å². The fourth-order valence-electron chi connectivity index (χ4n) is 2.10. The van der Waals surface area contributed by atoms with Crippen LogP contribution in [0.4, 0.5) is 0 Å². The fourth-order valence-corrected chi connectivity index (χ4v) is 3.69. The number of hydrogen-bond donors (Lipinski definition) is 2. The third-order valence-electron chi connectivity index (χ3n) is 3.10. The second-order valence-electron chi connectivity index (χ2n) is 4.67. The monoisotopic (exact) mass is 284 g/mol. The lowest BCUT2D eigenvalue weighted by molar-refractivity contribution is 0.0696. The average Bonchev–Trinajstić information content (AvgIpc) is 2.76. The van der Waals surface area contributed by atoms with Crippen LogP contribution in [0.15, 0.2) is 24.3 Å². The first-order valence-corrected chi connectivity index (χ1v) is 7.55. The number of aromatic carboxylic acids is 1. The summed E-state index contributed by atoms with van der Waals surface area (Å²) in [6.45, 7) is 0.767. The fraction of sp³-hybridized carbons (Fsp3) is 0.417. The summed E-state index contributed by atoms with van der Waals surface area (Å²) < 4.78 is 25.7. The van der Waals surface area contributed by atoms with Gasteiger partial charge in [-0.1, -0.05) is 12.1 Å². The molecule has 7 heteroatoms. The molecule has 1 aliphatic rings. The van der Waals surface area contributed by atoms with Gasteiger partial charge in [-0.05, 0) is 24.1 Å². The van der Waals surface area contributed by atoms with Gasteiger partial charge in [0, 0.05) is 19.1 Å². The van der Waals surface area contributed by atoms with Crippen molar-refractivity contribution in [3.63, 3.8) is 0 Å². The summed E-state index contributed by atoms with van der Waals surface area (Å²) >= 11 is 0. The zero-order valence-corrected chi connectivity index (χ0v) is 11.1. The Hall–Kier alpha value is -1.44. The maximum Gasteiger partial charge on any atom is 0.335 e. The van der Waals surface area contributed by atoms with Crippen molar-refractivity contribution in [2.24, 2.45) is 5.73 Å². The van der Waals surface area contributed by atoms with E-state index in [1.54, 1.807) is 12.1 Å². The second-order valence-corrected chi connectivity index (χ2v) is 6.64. The number of benzene rings is 1. The molecule has 1 aromatic carbocycles. The van der Waals surface area contributed by atoms with Crippen molar-refractivity contribution in [2.45, 2.75) is 18.2 Å². The van der Waals surface area contributed by atoms with Crippen molar-refractivity contribution >= 4 is 16.0 Å². The zero-order chi connectivity index (χ0) is 14.0. The van der Waals surface area contributed by atoms with E-state index in [1.165, 1.54) is 16.4 Å². The summed E-state index contributed by atoms with van der Waals surface area (Å²) in [5.41, 5.74) is 6.26. The van der Waals surface area contributed by atoms with E-state index in [0.29, 0.717) is 25.1 Å². The molecule has 2 rings (SSSR count). The Bertz CT molecular complexity index is 585. The molecule has 0 spiro atoms. The van der Waals surface area contributed by atoms with Crippen LogP contribution in [0.25, 0.3) is 0 Å². The van der Waals surface area contributed by atoms with Gasteiger partial charge in [-0.2, -0.15) is 0 Å². The number of carboxylic acids is 1. The average molecular weight is 284 g/mol. The number of hydrogen-bond acceptors (Lipinski definition) is 4. The predicted octanol–water partition coefficient (Wildman–Crippen LogP) is 0.248. The van der Waals surface area contributed by atoms with E-state index >= 15 is 0 Å². The van der Waals surface area contributed by atoms with Gasteiger partial charge in [0.1, 0.15) is 0 Å². The van der Waals surface area contributed by atoms with Crippen LogP contribution in [-0.4, -0.2) is 42.9 Å². The molecule has 6 nitrogen and oxygen atoms in total. The van der Waals surface area contributed by atoms with E-state index in [9.17, 15) is 13.2 Å². The molecule has 1 saturated heterocycles. The van der Waals surface area contributed by atoms with Crippen molar-refractivity contribution in [1.29, 1.82) is 0 Å². The van der Waals surface area contributed by atoms with Crippen LogP contribution < -0.4 is 5.73 Å². The molecular formula is C12H16N2O4S. The van der Waals surface area contributed by atoms with Gasteiger partial charge in [0.25, 0.3) is 0 Å². The maximum atomic E-state index is 12.2. The molecule has 3 N–H and O–H groups in total. The van der Waals surface area contributed by atoms with Crippen LogP contribution in [0.1, 0.15) is 22.3 Å². The van der Waals surface area contributed by atoms with Crippen molar-refractivity contribution in [3.05, 3.63) is 35.4 Å². The third kappa shape index (κ3) is 3.31. The van der Waals surface area contributed by atoms with Crippen LogP contribution in [0.2, 0.25) is 0 Å². The van der Waals surface area contributed by atoms with Gasteiger partial charge in [-0.25, -0.2) is 17.5 Å². The van der Waals surface area contributed by atoms with Crippen molar-refractivity contribution in [3.8, 4) is 0 Å². The topological polar surface area (TPSA) is 101 Å². The van der Waals surface area contributed by atoms with Gasteiger partial charge in [0.2, 0.25) is 10.0 Å². The van der Waals surface area contributed by atoms with Gasteiger partial charge in [0.05, 0.1) is 11.3 Å². The summed E-state index contributed by atoms with van der Waals surface area (Å²) in [5, 5.41) is 8.88. The Balaban J connectivity index is 2.16. The van der Waals surface area contributed by atoms with E-state index < -0.39 is 16.0 Å². The normalized spacial score (nSPS) is 20.6. The van der Waals surface area contributed by atoms with Gasteiger partial charge < -0.3 is 10.8 Å². The molecule has 0 radical (unpaired) electrons. The SMILES string of the molecule is NC1CCN(S(=O)(=O)Cc2cccc(C(=O)O)c2)C1. The summed E-state index contributed by atoms with van der Waals surface area (Å²) in [6, 6.07) is 5.87. The lowest BCUT2D eigenvalue weighted by atomic mass is 10.1. The first-order valence-electron chi connectivity index (χ1n) is 5.94. The van der Waals surface area contributed by atoms with Crippen molar-refractivity contribution < 1.29 is 18.3 Å². The zero-order valence-electron chi connectivity index (χ0n) is 10.3. The molecule has 1 fully saturated rings. The number of sulfonamides is 1. The molecule has 1 aromatic rings. The van der Waals surface area contributed by atoms with E-state index in [1.807, 2.05) is 0 Å². The summed E-state index contributed by atoms with van der Waals surface area (Å²) in [5.74, 6) is -1.26. The first kappa shape index (κ1) is 14.0. The van der Waals surface area contributed by atoms with Crippen LogP contribution in [0.5, 0.6) is 0 Å². The number of rotatable bonds is 4. The van der Waals surface area contributed by atoms with E-state index in [4.69, 9.17) is 10.8 Å². The Morgan fingerprint density at radius 3 is 2.79 bits per heavy atom. The molecular weight excluding hydrogens is 268 g/mol. The molecule has 19 heavy (non-hydrogen) atoms. The summed E-state index contributed by atoms with van der Waals surface area (Å²) in [4.78, 5) is 10.8. The summed E-state index contributed by atoms with van der Waals surface area (Å²) in [6.07, 6.45) is 0.661. The van der Waals surface area contributed by atoms with Crippen LogP contribution in [0.3, 0.4) is 0 Å². The highest BCUT2D eigenvalue weighted by atomic mass is 32.2. The molecule has 0 saturated carbocycles. The minimum Gasteiger partial charge on any atom is -0.478 e. The number of nitrogens with two attached hydrogens (primary N) is 1. The number of carbonyl (C=O) groups is 1. The molecule has 0 amide bonds. The lowest BCUT2D eigenvalue weighted by Gasteiger charge is -2.16. The molecule has 104 valence electrons. The highest BCUT2D eigenvalue weighted by Gasteiger charge is 2.29. The van der Waals surface area contributed by atoms with Gasteiger partial charge in [0.15, 0.2) is 0 Å². The Kier molecular flexibility index (Phi) is 3.88. The Morgan fingerprint density at radius 2 is 2.21 bits per heavy atom. The first-order chi connectivity index (χ1) is 8.88. The number of carboxylic acid groups (broad SMARTS) is 1. The Morgan fingerprint density at radius 1 is 1.47 bits per heavy atom. The second kappa shape index (κ2) is 5.28. The molecule has 1 heterocycles. The molecule has 1 atom stereocenters.